The third kappa shape index (κ3) is 3.63. The predicted octanol–water partition coefficient (Wildman–Crippen LogP) is 4.28. The maximum atomic E-state index is 12.4. The molecule has 0 bridgehead atoms. The molecule has 0 saturated carbocycles. The molecule has 2 aromatic carbocycles. The Hall–Kier alpha value is -2.29. The van der Waals surface area contributed by atoms with Gasteiger partial charge in [0.25, 0.3) is 5.91 Å². The summed E-state index contributed by atoms with van der Waals surface area (Å²) in [6, 6.07) is 15.4. The molecule has 0 radical (unpaired) electrons. The normalized spacial score (nSPS) is 11.0. The molecule has 0 aliphatic rings. The summed E-state index contributed by atoms with van der Waals surface area (Å²) >= 11 is 0. The summed E-state index contributed by atoms with van der Waals surface area (Å²) in [5.41, 5.74) is 3.62. The molecule has 0 spiro atoms. The molecule has 0 atom stereocenters. The average Bonchev–Trinajstić information content (AvgIpc) is 2.47. The fourth-order valence-corrected chi connectivity index (χ4v) is 2.23. The molecule has 1 amide bonds. The van der Waals surface area contributed by atoms with E-state index in [-0.39, 0.29) is 11.3 Å². The van der Waals surface area contributed by atoms with Crippen LogP contribution in [0.1, 0.15) is 36.7 Å². The van der Waals surface area contributed by atoms with E-state index in [4.69, 9.17) is 0 Å². The molecule has 0 aliphatic carbocycles. The minimum Gasteiger partial charge on any atom is -0.388 e. The SMILES string of the molecule is CNc1ccc(C(=O)Nc2ccccc2C(C)(C)C)cc1. The van der Waals surface area contributed by atoms with Crippen LogP contribution in [0.15, 0.2) is 48.5 Å². The molecule has 0 heterocycles. The van der Waals surface area contributed by atoms with Crippen LogP contribution in [0.3, 0.4) is 0 Å². The van der Waals surface area contributed by atoms with Gasteiger partial charge in [0.1, 0.15) is 0 Å². The molecule has 3 nitrogen and oxygen atoms in total. The van der Waals surface area contributed by atoms with Crippen molar-refractivity contribution in [3.63, 3.8) is 0 Å². The zero-order valence-electron chi connectivity index (χ0n) is 13.0. The zero-order valence-corrected chi connectivity index (χ0v) is 13.0. The van der Waals surface area contributed by atoms with Gasteiger partial charge < -0.3 is 10.6 Å². The summed E-state index contributed by atoms with van der Waals surface area (Å²) in [7, 11) is 1.86. The average molecular weight is 282 g/mol. The van der Waals surface area contributed by atoms with Crippen LogP contribution in [-0.2, 0) is 5.41 Å². The van der Waals surface area contributed by atoms with Gasteiger partial charge in [-0.3, -0.25) is 4.79 Å². The van der Waals surface area contributed by atoms with E-state index >= 15 is 0 Å². The first-order valence-corrected chi connectivity index (χ1v) is 7.10. The number of benzene rings is 2. The van der Waals surface area contributed by atoms with Crippen molar-refractivity contribution in [2.24, 2.45) is 0 Å². The van der Waals surface area contributed by atoms with Gasteiger partial charge in [0.05, 0.1) is 0 Å². The summed E-state index contributed by atoms with van der Waals surface area (Å²) in [6.45, 7) is 6.42. The van der Waals surface area contributed by atoms with Crippen LogP contribution in [0.4, 0.5) is 11.4 Å². The van der Waals surface area contributed by atoms with Crippen LogP contribution in [0.5, 0.6) is 0 Å². The molecule has 0 aliphatic heterocycles. The molecule has 3 heteroatoms. The largest absolute Gasteiger partial charge is 0.388 e. The highest BCUT2D eigenvalue weighted by Crippen LogP contribution is 2.29. The van der Waals surface area contributed by atoms with E-state index in [1.165, 1.54) is 0 Å². The highest BCUT2D eigenvalue weighted by atomic mass is 16.1. The predicted molar refractivity (Wildman–Crippen MR) is 89.1 cm³/mol. The van der Waals surface area contributed by atoms with Gasteiger partial charge in [0.2, 0.25) is 0 Å². The van der Waals surface area contributed by atoms with Crippen molar-refractivity contribution in [1.82, 2.24) is 0 Å². The number of hydrogen-bond donors (Lipinski definition) is 2. The van der Waals surface area contributed by atoms with Gasteiger partial charge in [0.15, 0.2) is 0 Å². The molecule has 0 saturated heterocycles. The highest BCUT2D eigenvalue weighted by molar-refractivity contribution is 6.04. The van der Waals surface area contributed by atoms with Crippen molar-refractivity contribution in [2.45, 2.75) is 26.2 Å². The van der Waals surface area contributed by atoms with E-state index in [0.717, 1.165) is 16.9 Å². The molecular weight excluding hydrogens is 260 g/mol. The first kappa shape index (κ1) is 15.1. The van der Waals surface area contributed by atoms with Crippen LogP contribution in [0, 0.1) is 0 Å². The lowest BCUT2D eigenvalue weighted by atomic mass is 9.86. The number of carbonyl (C=O) groups excluding carboxylic acids is 1. The first-order valence-electron chi connectivity index (χ1n) is 7.10. The lowest BCUT2D eigenvalue weighted by Crippen LogP contribution is -2.18. The van der Waals surface area contributed by atoms with Crippen LogP contribution >= 0.6 is 0 Å². The number of carbonyl (C=O) groups is 1. The van der Waals surface area contributed by atoms with Gasteiger partial charge >= 0.3 is 0 Å². The molecule has 0 aromatic heterocycles. The summed E-state index contributed by atoms with van der Waals surface area (Å²) in [4.78, 5) is 12.4. The lowest BCUT2D eigenvalue weighted by molar-refractivity contribution is 0.102. The van der Waals surface area contributed by atoms with E-state index in [9.17, 15) is 4.79 Å². The summed E-state index contributed by atoms with van der Waals surface area (Å²) in [5.74, 6) is -0.0886. The minimum atomic E-state index is -0.0886. The number of para-hydroxylation sites is 1. The number of hydrogen-bond acceptors (Lipinski definition) is 2. The molecule has 2 rings (SSSR count). The lowest BCUT2D eigenvalue weighted by Gasteiger charge is -2.23. The Morgan fingerprint density at radius 3 is 2.14 bits per heavy atom. The monoisotopic (exact) mass is 282 g/mol. The molecule has 0 fully saturated rings. The Balaban J connectivity index is 2.23. The second-order valence-electron chi connectivity index (χ2n) is 6.08. The minimum absolute atomic E-state index is 0.0140. The van der Waals surface area contributed by atoms with Crippen LogP contribution in [0.2, 0.25) is 0 Å². The van der Waals surface area contributed by atoms with Crippen molar-refractivity contribution in [3.8, 4) is 0 Å². The van der Waals surface area contributed by atoms with Gasteiger partial charge in [-0.05, 0) is 41.3 Å². The Morgan fingerprint density at radius 1 is 0.952 bits per heavy atom. The third-order valence-corrected chi connectivity index (χ3v) is 3.42. The molecule has 110 valence electrons. The zero-order chi connectivity index (χ0) is 15.5. The van der Waals surface area contributed by atoms with Gasteiger partial charge in [-0.25, -0.2) is 0 Å². The van der Waals surface area contributed by atoms with Gasteiger partial charge in [-0.1, -0.05) is 39.0 Å². The molecular formula is C18H22N2O. The van der Waals surface area contributed by atoms with Gasteiger partial charge in [0, 0.05) is 24.0 Å². The summed E-state index contributed by atoms with van der Waals surface area (Å²) in [6.07, 6.45) is 0. The van der Waals surface area contributed by atoms with Crippen molar-refractivity contribution in [2.75, 3.05) is 17.7 Å². The maximum absolute atomic E-state index is 12.4. The van der Waals surface area contributed by atoms with Gasteiger partial charge in [-0.2, -0.15) is 0 Å². The first-order chi connectivity index (χ1) is 9.91. The topological polar surface area (TPSA) is 41.1 Å². The summed E-state index contributed by atoms with van der Waals surface area (Å²) in [5, 5.41) is 6.05. The second-order valence-corrected chi connectivity index (χ2v) is 6.08. The highest BCUT2D eigenvalue weighted by Gasteiger charge is 2.18. The number of anilines is 2. The Labute approximate surface area is 126 Å². The smallest absolute Gasteiger partial charge is 0.255 e. The molecule has 2 aromatic rings. The third-order valence-electron chi connectivity index (χ3n) is 3.42. The molecule has 21 heavy (non-hydrogen) atoms. The van der Waals surface area contributed by atoms with E-state index in [0.29, 0.717) is 5.56 Å². The van der Waals surface area contributed by atoms with Crippen molar-refractivity contribution < 1.29 is 4.79 Å². The van der Waals surface area contributed by atoms with Crippen LogP contribution in [-0.4, -0.2) is 13.0 Å². The van der Waals surface area contributed by atoms with Crippen molar-refractivity contribution >= 4 is 17.3 Å². The second kappa shape index (κ2) is 6.00. The molecule has 0 unspecified atom stereocenters. The van der Waals surface area contributed by atoms with E-state index < -0.39 is 0 Å². The Bertz CT molecular complexity index is 624. The maximum Gasteiger partial charge on any atom is 0.255 e. The Kier molecular flexibility index (Phi) is 4.32. The van der Waals surface area contributed by atoms with E-state index in [1.54, 1.807) is 0 Å². The molecule has 2 N–H and O–H groups in total. The van der Waals surface area contributed by atoms with E-state index in [1.807, 2.05) is 49.5 Å². The quantitative estimate of drug-likeness (QED) is 0.882. The van der Waals surface area contributed by atoms with E-state index in [2.05, 4.69) is 37.5 Å². The summed E-state index contributed by atoms with van der Waals surface area (Å²) < 4.78 is 0. The van der Waals surface area contributed by atoms with Crippen LogP contribution < -0.4 is 10.6 Å². The number of nitrogens with one attached hydrogen (secondary N) is 2. The Morgan fingerprint density at radius 2 is 1.57 bits per heavy atom. The number of rotatable bonds is 3. The number of amides is 1. The van der Waals surface area contributed by atoms with Crippen LogP contribution in [0.25, 0.3) is 0 Å². The standard InChI is InChI=1S/C18H22N2O/c1-18(2,3)15-7-5-6-8-16(15)20-17(21)13-9-11-14(19-4)12-10-13/h5-12,19H,1-4H3,(H,20,21). The van der Waals surface area contributed by atoms with Gasteiger partial charge in [-0.15, -0.1) is 0 Å². The van der Waals surface area contributed by atoms with Crippen molar-refractivity contribution in [3.05, 3.63) is 59.7 Å². The fraction of sp³-hybridized carbons (Fsp3) is 0.278. The fourth-order valence-electron chi connectivity index (χ4n) is 2.23. The van der Waals surface area contributed by atoms with Crippen molar-refractivity contribution in [1.29, 1.82) is 0 Å².